The summed E-state index contributed by atoms with van der Waals surface area (Å²) in [4.78, 5) is 13.9. The smallest absolute Gasteiger partial charge is 0.254 e. The Morgan fingerprint density at radius 2 is 2.10 bits per heavy atom. The number of hydrogen-bond acceptors (Lipinski definition) is 3. The fourth-order valence-electron chi connectivity index (χ4n) is 2.53. The van der Waals surface area contributed by atoms with Gasteiger partial charge in [0.1, 0.15) is 5.82 Å². The normalized spacial score (nSPS) is 13.1. The first-order valence-electron chi connectivity index (χ1n) is 6.44. The third-order valence-electron chi connectivity index (χ3n) is 3.47. The van der Waals surface area contributed by atoms with Crippen molar-refractivity contribution in [1.82, 2.24) is 4.90 Å². The van der Waals surface area contributed by atoms with Crippen LogP contribution < -0.4 is 5.73 Å². The highest BCUT2D eigenvalue weighted by molar-refractivity contribution is 5.99. The van der Waals surface area contributed by atoms with Gasteiger partial charge in [-0.3, -0.25) is 4.79 Å². The van der Waals surface area contributed by atoms with Crippen molar-refractivity contribution in [2.24, 2.45) is 0 Å². The van der Waals surface area contributed by atoms with Gasteiger partial charge in [0, 0.05) is 24.3 Å². The third-order valence-corrected chi connectivity index (χ3v) is 3.47. The summed E-state index contributed by atoms with van der Waals surface area (Å²) in [5, 5.41) is 8.86. The minimum Gasteiger partial charge on any atom is -0.399 e. The minimum atomic E-state index is -0.475. The number of hydrogen-bond donors (Lipinski definition) is 1. The number of benzene rings is 2. The molecule has 0 atom stereocenters. The van der Waals surface area contributed by atoms with E-state index >= 15 is 0 Å². The molecule has 1 aliphatic rings. The van der Waals surface area contributed by atoms with E-state index in [-0.39, 0.29) is 18.0 Å². The quantitative estimate of drug-likeness (QED) is 0.859. The Hall–Kier alpha value is -2.87. The lowest BCUT2D eigenvalue weighted by Crippen LogP contribution is -2.23. The number of nitrogens with two attached hydrogens (primary N) is 1. The molecule has 2 aromatic carbocycles. The van der Waals surface area contributed by atoms with Crippen LogP contribution in [0.4, 0.5) is 10.1 Å². The largest absolute Gasteiger partial charge is 0.399 e. The van der Waals surface area contributed by atoms with Crippen LogP contribution in [0.2, 0.25) is 0 Å². The molecule has 2 N–H and O–H groups in total. The van der Waals surface area contributed by atoms with Crippen molar-refractivity contribution in [2.45, 2.75) is 13.1 Å². The fourth-order valence-corrected chi connectivity index (χ4v) is 2.53. The van der Waals surface area contributed by atoms with Crippen molar-refractivity contribution in [3.05, 3.63) is 64.5 Å². The van der Waals surface area contributed by atoms with Crippen LogP contribution in [0.15, 0.2) is 36.4 Å². The zero-order valence-electron chi connectivity index (χ0n) is 11.1. The Kier molecular flexibility index (Phi) is 3.07. The molecule has 0 saturated heterocycles. The van der Waals surface area contributed by atoms with Gasteiger partial charge >= 0.3 is 0 Å². The predicted octanol–water partition coefficient (Wildman–Crippen LogP) is 2.44. The molecule has 0 saturated carbocycles. The Balaban J connectivity index is 1.87. The lowest BCUT2D eigenvalue weighted by molar-refractivity contribution is 0.0766. The first kappa shape index (κ1) is 13.1. The maximum atomic E-state index is 13.4. The van der Waals surface area contributed by atoms with Gasteiger partial charge in [-0.25, -0.2) is 4.39 Å². The van der Waals surface area contributed by atoms with E-state index in [0.29, 0.717) is 23.4 Å². The number of carbonyl (C=O) groups excluding carboxylic acids is 1. The van der Waals surface area contributed by atoms with Crippen LogP contribution in [0.1, 0.15) is 27.0 Å². The molecule has 4 nitrogen and oxygen atoms in total. The first-order chi connectivity index (χ1) is 10.1. The summed E-state index contributed by atoms with van der Waals surface area (Å²) >= 11 is 0. The monoisotopic (exact) mass is 281 g/mol. The number of nitrogen functional groups attached to an aromatic ring is 1. The van der Waals surface area contributed by atoms with Crippen LogP contribution in [-0.4, -0.2) is 10.8 Å². The molecule has 0 spiro atoms. The van der Waals surface area contributed by atoms with Crippen molar-refractivity contribution in [3.8, 4) is 6.07 Å². The average Bonchev–Trinajstić information content (AvgIpc) is 2.75. The molecule has 0 aliphatic carbocycles. The Bertz CT molecular complexity index is 780. The zero-order valence-corrected chi connectivity index (χ0v) is 11.1. The highest BCUT2D eigenvalue weighted by Crippen LogP contribution is 2.26. The second-order valence-corrected chi connectivity index (χ2v) is 5.04. The van der Waals surface area contributed by atoms with Crippen molar-refractivity contribution in [1.29, 1.82) is 5.26 Å². The van der Waals surface area contributed by atoms with E-state index in [9.17, 15) is 9.18 Å². The van der Waals surface area contributed by atoms with E-state index in [0.717, 1.165) is 5.56 Å². The summed E-state index contributed by atoms with van der Waals surface area (Å²) < 4.78 is 13.4. The molecular formula is C16H12FN3O. The van der Waals surface area contributed by atoms with Gasteiger partial charge in [-0.1, -0.05) is 6.07 Å². The molecule has 0 radical (unpaired) electrons. The van der Waals surface area contributed by atoms with Gasteiger partial charge in [-0.15, -0.1) is 0 Å². The SMILES string of the molecule is N#Cc1cc(F)cc(CN2Cc3ccc(N)cc3C2=O)c1. The van der Waals surface area contributed by atoms with Crippen molar-refractivity contribution in [3.63, 3.8) is 0 Å². The van der Waals surface area contributed by atoms with Crippen LogP contribution in [0.3, 0.4) is 0 Å². The van der Waals surface area contributed by atoms with Crippen molar-refractivity contribution in [2.75, 3.05) is 5.73 Å². The van der Waals surface area contributed by atoms with Gasteiger partial charge in [-0.2, -0.15) is 5.26 Å². The molecule has 1 heterocycles. The lowest BCUT2D eigenvalue weighted by atomic mass is 10.1. The van der Waals surface area contributed by atoms with Gasteiger partial charge in [-0.05, 0) is 41.5 Å². The van der Waals surface area contributed by atoms with E-state index in [1.807, 2.05) is 12.1 Å². The summed E-state index contributed by atoms with van der Waals surface area (Å²) in [6.07, 6.45) is 0. The number of carbonyl (C=O) groups is 1. The molecule has 0 bridgehead atoms. The second kappa shape index (κ2) is 4.91. The number of nitrogens with zero attached hydrogens (tertiary/aromatic N) is 2. The molecule has 2 aromatic rings. The van der Waals surface area contributed by atoms with Gasteiger partial charge in [0.25, 0.3) is 5.91 Å². The Labute approximate surface area is 121 Å². The second-order valence-electron chi connectivity index (χ2n) is 5.04. The maximum absolute atomic E-state index is 13.4. The summed E-state index contributed by atoms with van der Waals surface area (Å²) in [6, 6.07) is 11.3. The fraction of sp³-hybridized carbons (Fsp3) is 0.125. The Morgan fingerprint density at radius 1 is 1.29 bits per heavy atom. The molecule has 3 rings (SSSR count). The van der Waals surface area contributed by atoms with Crippen molar-refractivity contribution < 1.29 is 9.18 Å². The Morgan fingerprint density at radius 3 is 2.86 bits per heavy atom. The van der Waals surface area contributed by atoms with E-state index < -0.39 is 5.82 Å². The van der Waals surface area contributed by atoms with Gasteiger partial charge in [0.15, 0.2) is 0 Å². The lowest BCUT2D eigenvalue weighted by Gasteiger charge is -2.15. The maximum Gasteiger partial charge on any atom is 0.254 e. The number of rotatable bonds is 2. The molecule has 21 heavy (non-hydrogen) atoms. The van der Waals surface area contributed by atoms with Gasteiger partial charge < -0.3 is 10.6 Å². The molecule has 1 aliphatic heterocycles. The topological polar surface area (TPSA) is 70.1 Å². The summed E-state index contributed by atoms with van der Waals surface area (Å²) in [7, 11) is 0. The highest BCUT2D eigenvalue weighted by atomic mass is 19.1. The number of nitriles is 1. The molecular weight excluding hydrogens is 269 g/mol. The molecule has 0 aromatic heterocycles. The van der Waals surface area contributed by atoms with Crippen LogP contribution >= 0.6 is 0 Å². The van der Waals surface area contributed by atoms with E-state index in [4.69, 9.17) is 11.0 Å². The van der Waals surface area contributed by atoms with Crippen LogP contribution in [0, 0.1) is 17.1 Å². The third kappa shape index (κ3) is 2.43. The van der Waals surface area contributed by atoms with Crippen molar-refractivity contribution >= 4 is 11.6 Å². The van der Waals surface area contributed by atoms with Gasteiger partial charge in [0.05, 0.1) is 11.6 Å². The first-order valence-corrected chi connectivity index (χ1v) is 6.44. The van der Waals surface area contributed by atoms with E-state index in [2.05, 4.69) is 0 Å². The number of anilines is 1. The summed E-state index contributed by atoms with van der Waals surface area (Å²) in [5.41, 5.74) is 8.58. The number of halogens is 1. The van der Waals surface area contributed by atoms with E-state index in [1.54, 1.807) is 23.1 Å². The molecule has 104 valence electrons. The molecule has 5 heteroatoms. The van der Waals surface area contributed by atoms with Gasteiger partial charge in [0.2, 0.25) is 0 Å². The molecule has 0 unspecified atom stereocenters. The summed E-state index contributed by atoms with van der Waals surface area (Å²) in [6.45, 7) is 0.729. The van der Waals surface area contributed by atoms with E-state index in [1.165, 1.54) is 12.1 Å². The van der Waals surface area contributed by atoms with Crippen LogP contribution in [0.25, 0.3) is 0 Å². The predicted molar refractivity (Wildman–Crippen MR) is 75.5 cm³/mol. The highest BCUT2D eigenvalue weighted by Gasteiger charge is 2.27. The molecule has 1 amide bonds. The number of amides is 1. The minimum absolute atomic E-state index is 0.125. The summed E-state index contributed by atoms with van der Waals surface area (Å²) in [5.74, 6) is -0.600. The number of fused-ring (bicyclic) bond motifs is 1. The zero-order chi connectivity index (χ0) is 15.0. The average molecular weight is 281 g/mol. The van der Waals surface area contributed by atoms with Crippen LogP contribution in [0.5, 0.6) is 0 Å². The molecule has 0 fully saturated rings. The standard InChI is InChI=1S/C16H12FN3O/c17-13-4-10(7-18)3-11(5-13)8-20-9-12-1-2-14(19)6-15(12)16(20)21/h1-6H,8-9,19H2. The van der Waals surface area contributed by atoms with Crippen LogP contribution in [-0.2, 0) is 13.1 Å².